The number of hydrogen-bond donors (Lipinski definition) is 1. The van der Waals surface area contributed by atoms with Gasteiger partial charge in [-0.1, -0.05) is 37.0 Å². The first-order chi connectivity index (χ1) is 14.4. The smallest absolute Gasteiger partial charge is 0.264 e. The third kappa shape index (κ3) is 5.53. The Morgan fingerprint density at radius 1 is 1.03 bits per heavy atom. The molecule has 3 rings (SSSR count). The Kier molecular flexibility index (Phi) is 7.37. The van der Waals surface area contributed by atoms with Gasteiger partial charge in [0.2, 0.25) is 0 Å². The average Bonchev–Trinajstić information content (AvgIpc) is 2.74. The van der Waals surface area contributed by atoms with E-state index in [1.54, 1.807) is 55.5 Å². The summed E-state index contributed by atoms with van der Waals surface area (Å²) in [5.41, 5.74) is 1.56. The Balaban J connectivity index is 1.62. The number of carbonyl (C=O) groups is 1. The molecule has 162 valence electrons. The van der Waals surface area contributed by atoms with Crippen LogP contribution in [-0.4, -0.2) is 33.5 Å². The molecule has 1 saturated carbocycles. The van der Waals surface area contributed by atoms with Crippen molar-refractivity contribution in [2.45, 2.75) is 56.9 Å². The number of nitrogens with one attached hydrogen (secondary N) is 1. The third-order valence-corrected chi connectivity index (χ3v) is 7.28. The van der Waals surface area contributed by atoms with Gasteiger partial charge in [-0.05, 0) is 63.1 Å². The number of aryl methyl sites for hydroxylation is 1. The summed E-state index contributed by atoms with van der Waals surface area (Å²) < 4.78 is 33.0. The zero-order chi connectivity index (χ0) is 21.6. The van der Waals surface area contributed by atoms with Crippen LogP contribution in [0.5, 0.6) is 5.75 Å². The van der Waals surface area contributed by atoms with Gasteiger partial charge in [0.05, 0.1) is 10.6 Å². The van der Waals surface area contributed by atoms with Crippen molar-refractivity contribution in [3.8, 4) is 5.75 Å². The van der Waals surface area contributed by atoms with Gasteiger partial charge in [0.25, 0.3) is 15.9 Å². The van der Waals surface area contributed by atoms with Crippen LogP contribution in [0.4, 0.5) is 5.69 Å². The summed E-state index contributed by atoms with van der Waals surface area (Å²) >= 11 is 0. The standard InChI is InChI=1S/C23H30N2O4S/c1-3-25(30(27,28)22-15-9-18(2)10-16-22)20-11-13-21(14-12-20)29-17-23(26)24-19-7-5-4-6-8-19/h9-16,19H,3-8,17H2,1-2H3,(H,24,26). The fourth-order valence-electron chi connectivity index (χ4n) is 3.70. The molecule has 0 saturated heterocycles. The second-order valence-electron chi connectivity index (χ2n) is 7.67. The molecule has 0 heterocycles. The van der Waals surface area contributed by atoms with E-state index < -0.39 is 10.0 Å². The van der Waals surface area contributed by atoms with Gasteiger partial charge in [0.1, 0.15) is 5.75 Å². The van der Waals surface area contributed by atoms with Crippen LogP contribution in [0.1, 0.15) is 44.6 Å². The van der Waals surface area contributed by atoms with Crippen LogP contribution in [0, 0.1) is 6.92 Å². The summed E-state index contributed by atoms with van der Waals surface area (Å²) in [6.07, 6.45) is 5.62. The van der Waals surface area contributed by atoms with Crippen molar-refractivity contribution in [3.05, 3.63) is 54.1 Å². The number of benzene rings is 2. The molecule has 1 aliphatic carbocycles. The SMILES string of the molecule is CCN(c1ccc(OCC(=O)NC2CCCCC2)cc1)S(=O)(=O)c1ccc(C)cc1. The van der Waals surface area contributed by atoms with E-state index in [9.17, 15) is 13.2 Å². The lowest BCUT2D eigenvalue weighted by Crippen LogP contribution is -2.38. The first-order valence-corrected chi connectivity index (χ1v) is 12.0. The molecule has 7 heteroatoms. The van der Waals surface area contributed by atoms with Crippen molar-refractivity contribution >= 4 is 21.6 Å². The molecule has 1 amide bonds. The van der Waals surface area contributed by atoms with Crippen LogP contribution >= 0.6 is 0 Å². The molecule has 0 aliphatic heterocycles. The quantitative estimate of drug-likeness (QED) is 0.686. The highest BCUT2D eigenvalue weighted by Gasteiger charge is 2.23. The predicted molar refractivity (Wildman–Crippen MR) is 118 cm³/mol. The van der Waals surface area contributed by atoms with Gasteiger partial charge >= 0.3 is 0 Å². The number of amides is 1. The average molecular weight is 431 g/mol. The number of rotatable bonds is 8. The molecule has 6 nitrogen and oxygen atoms in total. The van der Waals surface area contributed by atoms with Gasteiger partial charge in [0.15, 0.2) is 6.61 Å². The van der Waals surface area contributed by atoms with E-state index in [1.165, 1.54) is 10.7 Å². The topological polar surface area (TPSA) is 75.7 Å². The summed E-state index contributed by atoms with van der Waals surface area (Å²) in [7, 11) is -3.65. The Morgan fingerprint density at radius 3 is 2.27 bits per heavy atom. The van der Waals surface area contributed by atoms with Gasteiger partial charge in [-0.25, -0.2) is 8.42 Å². The molecular weight excluding hydrogens is 400 g/mol. The highest BCUT2D eigenvalue weighted by Crippen LogP contribution is 2.26. The maximum Gasteiger partial charge on any atom is 0.264 e. The van der Waals surface area contributed by atoms with Crippen molar-refractivity contribution in [2.75, 3.05) is 17.5 Å². The highest BCUT2D eigenvalue weighted by molar-refractivity contribution is 7.92. The van der Waals surface area contributed by atoms with Crippen molar-refractivity contribution < 1.29 is 17.9 Å². The first-order valence-electron chi connectivity index (χ1n) is 10.5. The van der Waals surface area contributed by atoms with Crippen LogP contribution in [0.2, 0.25) is 0 Å². The van der Waals surface area contributed by atoms with Gasteiger partial charge in [0, 0.05) is 12.6 Å². The van der Waals surface area contributed by atoms with E-state index in [-0.39, 0.29) is 23.5 Å². The van der Waals surface area contributed by atoms with Crippen LogP contribution in [0.15, 0.2) is 53.4 Å². The number of carbonyl (C=O) groups excluding carboxylic acids is 1. The molecule has 1 aliphatic rings. The number of anilines is 1. The summed E-state index contributed by atoms with van der Waals surface area (Å²) in [5, 5.41) is 3.02. The normalized spacial score (nSPS) is 14.9. The molecule has 2 aromatic carbocycles. The molecule has 0 radical (unpaired) electrons. The molecule has 0 aromatic heterocycles. The predicted octanol–water partition coefficient (Wildman–Crippen LogP) is 4.04. The largest absolute Gasteiger partial charge is 0.484 e. The number of sulfonamides is 1. The zero-order valence-corrected chi connectivity index (χ0v) is 18.5. The van der Waals surface area contributed by atoms with Gasteiger partial charge < -0.3 is 10.1 Å². The van der Waals surface area contributed by atoms with E-state index in [4.69, 9.17) is 4.74 Å². The van der Waals surface area contributed by atoms with E-state index in [0.29, 0.717) is 18.0 Å². The van der Waals surface area contributed by atoms with Crippen LogP contribution in [-0.2, 0) is 14.8 Å². The van der Waals surface area contributed by atoms with Gasteiger partial charge in [-0.3, -0.25) is 9.10 Å². The maximum atomic E-state index is 13.0. The van der Waals surface area contributed by atoms with E-state index in [2.05, 4.69) is 5.32 Å². The molecule has 0 atom stereocenters. The van der Waals surface area contributed by atoms with Crippen molar-refractivity contribution in [2.24, 2.45) is 0 Å². The molecule has 30 heavy (non-hydrogen) atoms. The van der Waals surface area contributed by atoms with Gasteiger partial charge in [-0.2, -0.15) is 0 Å². The lowest BCUT2D eigenvalue weighted by molar-refractivity contribution is -0.124. The zero-order valence-electron chi connectivity index (χ0n) is 17.6. The Morgan fingerprint density at radius 2 is 1.67 bits per heavy atom. The van der Waals surface area contributed by atoms with Crippen molar-refractivity contribution in [3.63, 3.8) is 0 Å². The molecule has 1 fully saturated rings. The molecule has 1 N–H and O–H groups in total. The number of nitrogens with zero attached hydrogens (tertiary/aromatic N) is 1. The van der Waals surface area contributed by atoms with Crippen LogP contribution < -0.4 is 14.4 Å². The second-order valence-corrected chi connectivity index (χ2v) is 9.53. The summed E-state index contributed by atoms with van der Waals surface area (Å²) in [5.74, 6) is 0.407. The fraction of sp³-hybridized carbons (Fsp3) is 0.435. The van der Waals surface area contributed by atoms with E-state index in [0.717, 1.165) is 31.2 Å². The minimum absolute atomic E-state index is 0.0466. The highest BCUT2D eigenvalue weighted by atomic mass is 32.2. The van der Waals surface area contributed by atoms with Crippen molar-refractivity contribution in [1.29, 1.82) is 0 Å². The molecule has 0 spiro atoms. The van der Waals surface area contributed by atoms with E-state index >= 15 is 0 Å². The molecule has 2 aromatic rings. The van der Waals surface area contributed by atoms with E-state index in [1.807, 2.05) is 6.92 Å². The molecule has 0 bridgehead atoms. The van der Waals surface area contributed by atoms with Crippen LogP contribution in [0.25, 0.3) is 0 Å². The minimum atomic E-state index is -3.65. The minimum Gasteiger partial charge on any atom is -0.484 e. The molecule has 0 unspecified atom stereocenters. The molecular formula is C23H30N2O4S. The van der Waals surface area contributed by atoms with Gasteiger partial charge in [-0.15, -0.1) is 0 Å². The summed E-state index contributed by atoms with van der Waals surface area (Å²) in [4.78, 5) is 12.4. The lowest BCUT2D eigenvalue weighted by atomic mass is 9.95. The lowest BCUT2D eigenvalue weighted by Gasteiger charge is -2.23. The fourth-order valence-corrected chi connectivity index (χ4v) is 5.18. The number of hydrogen-bond acceptors (Lipinski definition) is 4. The second kappa shape index (κ2) is 9.98. The Labute approximate surface area is 179 Å². The Hall–Kier alpha value is -2.54. The van der Waals surface area contributed by atoms with Crippen LogP contribution in [0.3, 0.4) is 0 Å². The number of ether oxygens (including phenoxy) is 1. The first kappa shape index (κ1) is 22.2. The summed E-state index contributed by atoms with van der Waals surface area (Å²) in [6.45, 7) is 3.98. The monoisotopic (exact) mass is 430 g/mol. The Bertz CT molecular complexity index is 934. The summed E-state index contributed by atoms with van der Waals surface area (Å²) in [6, 6.07) is 13.8. The third-order valence-electron chi connectivity index (χ3n) is 5.36. The van der Waals surface area contributed by atoms with Crippen molar-refractivity contribution in [1.82, 2.24) is 5.32 Å². The maximum absolute atomic E-state index is 13.0.